The zero-order valence-electron chi connectivity index (χ0n) is 14.5. The molecule has 28 heavy (non-hydrogen) atoms. The zero-order valence-corrected chi connectivity index (χ0v) is 16.1. The van der Waals surface area contributed by atoms with E-state index in [1.165, 1.54) is 25.1 Å². The van der Waals surface area contributed by atoms with Gasteiger partial charge in [0.2, 0.25) is 5.91 Å². The van der Waals surface area contributed by atoms with E-state index in [0.29, 0.717) is 22.3 Å². The predicted molar refractivity (Wildman–Crippen MR) is 106 cm³/mol. The van der Waals surface area contributed by atoms with Gasteiger partial charge in [-0.2, -0.15) is 0 Å². The van der Waals surface area contributed by atoms with Crippen LogP contribution in [0.5, 0.6) is 0 Å². The molecule has 0 spiro atoms. The molecule has 3 rings (SSSR count). The van der Waals surface area contributed by atoms with E-state index in [1.54, 1.807) is 29.6 Å². The Morgan fingerprint density at radius 2 is 1.86 bits per heavy atom. The molecular formula is C20H13ClF2N2O2S. The quantitative estimate of drug-likeness (QED) is 0.397. The number of hydrogen-bond donors (Lipinski definition) is 0. The average Bonchev–Trinajstić information content (AvgIpc) is 3.10. The minimum atomic E-state index is -0.875. The molecule has 0 saturated heterocycles. The van der Waals surface area contributed by atoms with Crippen molar-refractivity contribution in [2.75, 3.05) is 4.90 Å². The van der Waals surface area contributed by atoms with E-state index in [9.17, 15) is 18.4 Å². The second-order valence-corrected chi connectivity index (χ2v) is 6.98. The fourth-order valence-corrected chi connectivity index (χ4v) is 3.37. The SMILES string of the molecule is CC(=O)N(c1nc(/C=C/C(=O)c2ccc(Cl)cc2)cs1)c1ccc(F)cc1F. The average molecular weight is 419 g/mol. The van der Waals surface area contributed by atoms with Gasteiger partial charge in [0, 0.05) is 29.0 Å². The molecule has 1 aromatic heterocycles. The van der Waals surface area contributed by atoms with Crippen molar-refractivity contribution in [1.29, 1.82) is 0 Å². The van der Waals surface area contributed by atoms with Crippen LogP contribution in [0.3, 0.4) is 0 Å². The standard InChI is InChI=1S/C20H13ClF2N2O2S/c1-12(26)25(18-8-6-15(22)10-17(18)23)20-24-16(11-28-20)7-9-19(27)13-2-4-14(21)5-3-13/h2-11H,1H3/b9-7+. The molecule has 0 fully saturated rings. The molecule has 0 N–H and O–H groups in total. The molecule has 0 aliphatic heterocycles. The van der Waals surface area contributed by atoms with E-state index in [0.717, 1.165) is 22.3 Å². The molecule has 0 aliphatic rings. The molecule has 142 valence electrons. The summed E-state index contributed by atoms with van der Waals surface area (Å²) in [6, 6.07) is 9.38. The highest BCUT2D eigenvalue weighted by Gasteiger charge is 2.21. The number of carbonyl (C=O) groups is 2. The molecule has 3 aromatic rings. The number of allylic oxidation sites excluding steroid dienone is 1. The Kier molecular flexibility index (Phi) is 5.96. The Labute approximate surface area is 168 Å². The number of anilines is 2. The minimum absolute atomic E-state index is 0.101. The molecule has 0 saturated carbocycles. The number of thiazole rings is 1. The summed E-state index contributed by atoms with van der Waals surface area (Å²) < 4.78 is 27.3. The maximum absolute atomic E-state index is 14.1. The van der Waals surface area contributed by atoms with Crippen LogP contribution in [0.15, 0.2) is 53.9 Å². The highest BCUT2D eigenvalue weighted by Crippen LogP contribution is 2.31. The number of amides is 1. The van der Waals surface area contributed by atoms with Crippen molar-refractivity contribution in [3.63, 3.8) is 0 Å². The Morgan fingerprint density at radius 3 is 2.50 bits per heavy atom. The number of rotatable bonds is 5. The van der Waals surface area contributed by atoms with Crippen molar-refractivity contribution in [1.82, 2.24) is 4.98 Å². The molecule has 0 bridgehead atoms. The molecular weight excluding hydrogens is 406 g/mol. The first kappa shape index (κ1) is 19.9. The Bertz CT molecular complexity index is 1060. The van der Waals surface area contributed by atoms with Crippen molar-refractivity contribution < 1.29 is 18.4 Å². The number of benzene rings is 2. The summed E-state index contributed by atoms with van der Waals surface area (Å²) in [5.74, 6) is -2.33. The number of aromatic nitrogens is 1. The summed E-state index contributed by atoms with van der Waals surface area (Å²) in [4.78, 5) is 29.5. The fourth-order valence-electron chi connectivity index (χ4n) is 2.40. The number of nitrogens with zero attached hydrogens (tertiary/aromatic N) is 2. The third-order valence-corrected chi connectivity index (χ3v) is 4.80. The summed E-state index contributed by atoms with van der Waals surface area (Å²) in [6.45, 7) is 1.25. The lowest BCUT2D eigenvalue weighted by atomic mass is 10.1. The molecule has 0 aliphatic carbocycles. The summed E-state index contributed by atoms with van der Waals surface area (Å²) >= 11 is 6.90. The fraction of sp³-hybridized carbons (Fsp3) is 0.0500. The highest BCUT2D eigenvalue weighted by molar-refractivity contribution is 7.14. The summed E-state index contributed by atoms with van der Waals surface area (Å²) in [5, 5.41) is 2.36. The predicted octanol–water partition coefficient (Wildman–Crippen LogP) is 5.66. The van der Waals surface area contributed by atoms with Crippen LogP contribution >= 0.6 is 22.9 Å². The van der Waals surface area contributed by atoms with Crippen molar-refractivity contribution in [3.05, 3.63) is 81.8 Å². The maximum Gasteiger partial charge on any atom is 0.230 e. The normalized spacial score (nSPS) is 11.0. The smallest absolute Gasteiger partial charge is 0.230 e. The van der Waals surface area contributed by atoms with E-state index < -0.39 is 17.5 Å². The molecule has 2 aromatic carbocycles. The number of carbonyl (C=O) groups excluding carboxylic acids is 2. The molecule has 4 nitrogen and oxygen atoms in total. The van der Waals surface area contributed by atoms with Crippen LogP contribution in [0.2, 0.25) is 5.02 Å². The lowest BCUT2D eigenvalue weighted by molar-refractivity contribution is -0.115. The third-order valence-electron chi connectivity index (χ3n) is 3.70. The molecule has 1 heterocycles. The van der Waals surface area contributed by atoms with Crippen molar-refractivity contribution in [2.24, 2.45) is 0 Å². The van der Waals surface area contributed by atoms with Crippen molar-refractivity contribution in [2.45, 2.75) is 6.92 Å². The number of ketones is 1. The maximum atomic E-state index is 14.1. The van der Waals surface area contributed by atoms with Crippen molar-refractivity contribution >= 4 is 51.5 Å². The topological polar surface area (TPSA) is 50.3 Å². The van der Waals surface area contributed by atoms with Gasteiger partial charge in [0.25, 0.3) is 0 Å². The van der Waals surface area contributed by atoms with Gasteiger partial charge in [-0.3, -0.25) is 14.5 Å². The molecule has 0 unspecified atom stereocenters. The van der Waals surface area contributed by atoms with Crippen LogP contribution in [0.25, 0.3) is 6.08 Å². The first-order chi connectivity index (χ1) is 13.3. The highest BCUT2D eigenvalue weighted by atomic mass is 35.5. The molecule has 8 heteroatoms. The van der Waals surface area contributed by atoms with Gasteiger partial charge in [0.05, 0.1) is 11.4 Å². The largest absolute Gasteiger partial charge is 0.289 e. The van der Waals surface area contributed by atoms with Crippen LogP contribution in [0.4, 0.5) is 19.6 Å². The van der Waals surface area contributed by atoms with Gasteiger partial charge in [0.15, 0.2) is 10.9 Å². The molecule has 0 atom stereocenters. The van der Waals surface area contributed by atoms with Gasteiger partial charge in [-0.05, 0) is 48.6 Å². The van der Waals surface area contributed by atoms with Gasteiger partial charge in [0.1, 0.15) is 11.6 Å². The van der Waals surface area contributed by atoms with E-state index >= 15 is 0 Å². The van der Waals surface area contributed by atoms with Crippen LogP contribution in [-0.4, -0.2) is 16.7 Å². The van der Waals surface area contributed by atoms with Crippen LogP contribution in [-0.2, 0) is 4.79 Å². The number of hydrogen-bond acceptors (Lipinski definition) is 4. The van der Waals surface area contributed by atoms with Crippen molar-refractivity contribution in [3.8, 4) is 0 Å². The summed E-state index contributed by atoms with van der Waals surface area (Å²) in [6.07, 6.45) is 2.84. The first-order valence-corrected chi connectivity index (χ1v) is 9.30. The van der Waals surface area contributed by atoms with Crippen LogP contribution < -0.4 is 4.90 Å². The Hall–Kier alpha value is -2.90. The first-order valence-electron chi connectivity index (χ1n) is 8.04. The van der Waals surface area contributed by atoms with Gasteiger partial charge in [-0.25, -0.2) is 13.8 Å². The minimum Gasteiger partial charge on any atom is -0.289 e. The molecule has 0 radical (unpaired) electrons. The summed E-state index contributed by atoms with van der Waals surface area (Å²) in [5.41, 5.74) is 0.793. The van der Waals surface area contributed by atoms with Gasteiger partial charge >= 0.3 is 0 Å². The Morgan fingerprint density at radius 1 is 1.14 bits per heavy atom. The monoisotopic (exact) mass is 418 g/mol. The van der Waals surface area contributed by atoms with E-state index in [4.69, 9.17) is 11.6 Å². The van der Waals surface area contributed by atoms with Gasteiger partial charge < -0.3 is 0 Å². The lowest BCUT2D eigenvalue weighted by Gasteiger charge is -2.18. The van der Waals surface area contributed by atoms with Crippen LogP contribution in [0.1, 0.15) is 23.0 Å². The van der Waals surface area contributed by atoms with Gasteiger partial charge in [-0.1, -0.05) is 11.6 Å². The zero-order chi connectivity index (χ0) is 20.3. The van der Waals surface area contributed by atoms with Crippen LogP contribution in [0, 0.1) is 11.6 Å². The lowest BCUT2D eigenvalue weighted by Crippen LogP contribution is -2.23. The summed E-state index contributed by atoms with van der Waals surface area (Å²) in [7, 11) is 0. The molecule has 1 amide bonds. The van der Waals surface area contributed by atoms with E-state index in [-0.39, 0.29) is 16.6 Å². The van der Waals surface area contributed by atoms with E-state index in [1.807, 2.05) is 0 Å². The number of halogens is 3. The Balaban J connectivity index is 1.84. The second-order valence-electron chi connectivity index (χ2n) is 5.71. The second kappa shape index (κ2) is 8.41. The van der Waals surface area contributed by atoms with Gasteiger partial charge in [-0.15, -0.1) is 11.3 Å². The third kappa shape index (κ3) is 4.49. The van der Waals surface area contributed by atoms with E-state index in [2.05, 4.69) is 4.98 Å².